The van der Waals surface area contributed by atoms with Crippen molar-refractivity contribution in [3.63, 3.8) is 0 Å². The number of hydrogen-bond acceptors (Lipinski definition) is 6. The Hall–Kier alpha value is -2.94. The number of thioether (sulfide) groups is 1. The molecule has 4 rings (SSSR count). The first-order valence-corrected chi connectivity index (χ1v) is 11.1. The summed E-state index contributed by atoms with van der Waals surface area (Å²) in [6.07, 6.45) is 1.77. The van der Waals surface area contributed by atoms with Crippen molar-refractivity contribution in [3.8, 4) is 5.75 Å². The van der Waals surface area contributed by atoms with Gasteiger partial charge < -0.3 is 4.74 Å². The summed E-state index contributed by atoms with van der Waals surface area (Å²) in [6.45, 7) is 0.444. The Morgan fingerprint density at radius 1 is 1.07 bits per heavy atom. The SMILES string of the molecule is O=C(NN1C(=O)/C(=C/c2cccs2)SC1=S)c1ccc(OCc2ccccc2)cc1. The molecule has 2 aromatic carbocycles. The lowest BCUT2D eigenvalue weighted by atomic mass is 10.2. The molecule has 0 aliphatic carbocycles. The fraction of sp³-hybridized carbons (Fsp3) is 0.0455. The lowest BCUT2D eigenvalue weighted by molar-refractivity contribution is -0.123. The van der Waals surface area contributed by atoms with E-state index in [4.69, 9.17) is 17.0 Å². The topological polar surface area (TPSA) is 58.6 Å². The van der Waals surface area contributed by atoms with E-state index >= 15 is 0 Å². The number of rotatable bonds is 6. The van der Waals surface area contributed by atoms with Crippen molar-refractivity contribution < 1.29 is 14.3 Å². The molecule has 0 radical (unpaired) electrons. The Morgan fingerprint density at radius 2 is 1.83 bits per heavy atom. The molecule has 3 aromatic rings. The van der Waals surface area contributed by atoms with E-state index in [0.29, 0.717) is 27.1 Å². The number of hydrazine groups is 1. The molecule has 1 saturated heterocycles. The van der Waals surface area contributed by atoms with Crippen molar-refractivity contribution >= 4 is 57.5 Å². The molecule has 1 aromatic heterocycles. The number of ether oxygens (including phenoxy) is 1. The minimum absolute atomic E-state index is 0.291. The molecule has 8 heteroatoms. The van der Waals surface area contributed by atoms with Crippen LogP contribution in [0.2, 0.25) is 0 Å². The summed E-state index contributed by atoms with van der Waals surface area (Å²) >= 11 is 7.95. The van der Waals surface area contributed by atoms with Crippen LogP contribution in [0, 0.1) is 0 Å². The summed E-state index contributed by atoms with van der Waals surface area (Å²) in [4.78, 5) is 26.6. The van der Waals surface area contributed by atoms with Crippen molar-refractivity contribution in [2.24, 2.45) is 0 Å². The quantitative estimate of drug-likeness (QED) is 0.427. The first kappa shape index (κ1) is 20.3. The van der Waals surface area contributed by atoms with Gasteiger partial charge in [-0.15, -0.1) is 11.3 Å². The monoisotopic (exact) mass is 452 g/mol. The van der Waals surface area contributed by atoms with Gasteiger partial charge in [0.1, 0.15) is 12.4 Å². The molecule has 0 spiro atoms. The maximum absolute atomic E-state index is 12.6. The Labute approximate surface area is 187 Å². The predicted molar refractivity (Wildman–Crippen MR) is 124 cm³/mol. The smallest absolute Gasteiger partial charge is 0.285 e. The second kappa shape index (κ2) is 9.25. The lowest BCUT2D eigenvalue weighted by Crippen LogP contribution is -2.44. The van der Waals surface area contributed by atoms with Gasteiger partial charge in [0, 0.05) is 10.4 Å². The maximum atomic E-state index is 12.6. The van der Waals surface area contributed by atoms with Crippen LogP contribution in [0.5, 0.6) is 5.75 Å². The van der Waals surface area contributed by atoms with Crippen molar-refractivity contribution in [1.82, 2.24) is 10.4 Å². The highest BCUT2D eigenvalue weighted by atomic mass is 32.2. The Kier molecular flexibility index (Phi) is 6.27. The van der Waals surface area contributed by atoms with E-state index in [1.165, 1.54) is 23.1 Å². The van der Waals surface area contributed by atoms with Gasteiger partial charge in [-0.3, -0.25) is 15.0 Å². The molecule has 0 unspecified atom stereocenters. The molecule has 1 N–H and O–H groups in total. The second-order valence-electron chi connectivity index (χ2n) is 6.27. The third-order valence-corrected chi connectivity index (χ3v) is 6.31. The summed E-state index contributed by atoms with van der Waals surface area (Å²) in [5.74, 6) is -0.104. The van der Waals surface area contributed by atoms with Crippen LogP contribution in [0.4, 0.5) is 0 Å². The first-order valence-electron chi connectivity index (χ1n) is 8.99. The second-order valence-corrected chi connectivity index (χ2v) is 8.93. The minimum atomic E-state index is -0.418. The van der Waals surface area contributed by atoms with Crippen molar-refractivity contribution in [1.29, 1.82) is 0 Å². The Bertz CT molecular complexity index is 1090. The molecule has 0 atom stereocenters. The van der Waals surface area contributed by atoms with Gasteiger partial charge in [-0.1, -0.05) is 48.2 Å². The highest BCUT2D eigenvalue weighted by Gasteiger charge is 2.33. The summed E-state index contributed by atoms with van der Waals surface area (Å²) in [5.41, 5.74) is 4.05. The fourth-order valence-electron chi connectivity index (χ4n) is 2.68. The van der Waals surface area contributed by atoms with Gasteiger partial charge in [0.15, 0.2) is 4.32 Å². The molecule has 1 fully saturated rings. The molecule has 1 aliphatic rings. The van der Waals surface area contributed by atoms with Gasteiger partial charge >= 0.3 is 0 Å². The van der Waals surface area contributed by atoms with Crippen LogP contribution in [0.15, 0.2) is 77.0 Å². The van der Waals surface area contributed by atoms with Gasteiger partial charge in [-0.25, -0.2) is 0 Å². The number of thiocarbonyl (C=S) groups is 1. The Balaban J connectivity index is 1.37. The number of carbonyl (C=O) groups excluding carboxylic acids is 2. The fourth-order valence-corrected chi connectivity index (χ4v) is 4.58. The van der Waals surface area contributed by atoms with Crippen LogP contribution in [0.25, 0.3) is 6.08 Å². The van der Waals surface area contributed by atoms with Crippen LogP contribution >= 0.6 is 35.3 Å². The number of carbonyl (C=O) groups is 2. The van der Waals surface area contributed by atoms with E-state index in [0.717, 1.165) is 15.4 Å². The van der Waals surface area contributed by atoms with Gasteiger partial charge in [-0.05, 0) is 59.6 Å². The van der Waals surface area contributed by atoms with Gasteiger partial charge in [0.25, 0.3) is 11.8 Å². The molecule has 2 amide bonds. The molecule has 0 saturated carbocycles. The van der Waals surface area contributed by atoms with Gasteiger partial charge in [0.2, 0.25) is 0 Å². The van der Waals surface area contributed by atoms with Crippen molar-refractivity contribution in [2.45, 2.75) is 6.61 Å². The van der Waals surface area contributed by atoms with Crippen LogP contribution in [-0.2, 0) is 11.4 Å². The number of hydrogen-bond donors (Lipinski definition) is 1. The highest BCUT2D eigenvalue weighted by molar-refractivity contribution is 8.26. The van der Waals surface area contributed by atoms with Crippen LogP contribution in [0.1, 0.15) is 20.8 Å². The van der Waals surface area contributed by atoms with E-state index in [9.17, 15) is 9.59 Å². The Morgan fingerprint density at radius 3 is 2.53 bits per heavy atom. The van der Waals surface area contributed by atoms with E-state index in [2.05, 4.69) is 5.43 Å². The zero-order valence-corrected chi connectivity index (χ0v) is 18.1. The molecular formula is C22H16N2O3S3. The standard InChI is InChI=1S/C22H16N2O3S3/c25-20(16-8-10-17(11-9-16)27-14-15-5-2-1-3-6-15)23-24-21(26)19(30-22(24)28)13-18-7-4-12-29-18/h1-13H,14H2,(H,23,25)/b19-13-. The molecule has 0 bridgehead atoms. The normalized spacial score (nSPS) is 14.9. The molecule has 1 aliphatic heterocycles. The van der Waals surface area contributed by atoms with Gasteiger partial charge in [-0.2, -0.15) is 5.01 Å². The predicted octanol–water partition coefficient (Wildman–Crippen LogP) is 4.87. The molecule has 30 heavy (non-hydrogen) atoms. The number of benzene rings is 2. The van der Waals surface area contributed by atoms with Crippen LogP contribution in [0.3, 0.4) is 0 Å². The zero-order chi connectivity index (χ0) is 20.9. The number of thiophene rings is 1. The third-order valence-electron chi connectivity index (χ3n) is 4.19. The van der Waals surface area contributed by atoms with E-state index in [1.54, 1.807) is 30.3 Å². The van der Waals surface area contributed by atoms with Crippen molar-refractivity contribution in [3.05, 3.63) is 93.0 Å². The third kappa shape index (κ3) is 4.79. The minimum Gasteiger partial charge on any atom is -0.489 e. The highest BCUT2D eigenvalue weighted by Crippen LogP contribution is 2.32. The molecule has 150 valence electrons. The van der Waals surface area contributed by atoms with Gasteiger partial charge in [0.05, 0.1) is 4.91 Å². The number of nitrogens with zero attached hydrogens (tertiary/aromatic N) is 1. The van der Waals surface area contributed by atoms with Crippen LogP contribution < -0.4 is 10.2 Å². The molecule has 2 heterocycles. The summed E-state index contributed by atoms with van der Waals surface area (Å²) in [6, 6.07) is 20.4. The zero-order valence-electron chi connectivity index (χ0n) is 15.6. The summed E-state index contributed by atoms with van der Waals surface area (Å²) in [5, 5.41) is 3.04. The summed E-state index contributed by atoms with van der Waals surface area (Å²) in [7, 11) is 0. The molecular weight excluding hydrogens is 436 g/mol. The van der Waals surface area contributed by atoms with E-state index < -0.39 is 5.91 Å². The summed E-state index contributed by atoms with van der Waals surface area (Å²) < 4.78 is 6.02. The number of amides is 2. The average Bonchev–Trinajstić information content (AvgIpc) is 3.37. The lowest BCUT2D eigenvalue weighted by Gasteiger charge is -2.15. The largest absolute Gasteiger partial charge is 0.489 e. The van der Waals surface area contributed by atoms with Crippen LogP contribution in [-0.4, -0.2) is 21.1 Å². The first-order chi connectivity index (χ1) is 14.6. The van der Waals surface area contributed by atoms with E-state index in [1.807, 2.05) is 47.8 Å². The number of nitrogens with one attached hydrogen (secondary N) is 1. The molecule has 5 nitrogen and oxygen atoms in total. The maximum Gasteiger partial charge on any atom is 0.285 e. The van der Waals surface area contributed by atoms with Crippen molar-refractivity contribution in [2.75, 3.05) is 0 Å². The van der Waals surface area contributed by atoms with E-state index in [-0.39, 0.29) is 5.91 Å². The average molecular weight is 453 g/mol.